The summed E-state index contributed by atoms with van der Waals surface area (Å²) >= 11 is 0. The van der Waals surface area contributed by atoms with E-state index in [4.69, 9.17) is 4.74 Å². The lowest BCUT2D eigenvalue weighted by Crippen LogP contribution is -2.43. The Kier molecular flexibility index (Phi) is 9.49. The summed E-state index contributed by atoms with van der Waals surface area (Å²) in [6, 6.07) is 4.76. The highest BCUT2D eigenvalue weighted by Crippen LogP contribution is 2.38. The van der Waals surface area contributed by atoms with E-state index in [2.05, 4.69) is 38.4 Å². The number of amides is 1. The van der Waals surface area contributed by atoms with Crippen molar-refractivity contribution in [3.63, 3.8) is 0 Å². The van der Waals surface area contributed by atoms with Crippen molar-refractivity contribution in [2.45, 2.75) is 56.8 Å². The van der Waals surface area contributed by atoms with Crippen molar-refractivity contribution in [3.05, 3.63) is 41.2 Å². The minimum Gasteiger partial charge on any atom is -0.495 e. The lowest BCUT2D eigenvalue weighted by molar-refractivity contribution is -0.138. The molecule has 4 rings (SSSR count). The molecule has 1 unspecified atom stereocenters. The van der Waals surface area contributed by atoms with E-state index in [9.17, 15) is 22.2 Å². The molecule has 9 nitrogen and oxygen atoms in total. The van der Waals surface area contributed by atoms with Crippen LogP contribution in [0.3, 0.4) is 0 Å². The van der Waals surface area contributed by atoms with Crippen LogP contribution in [0.5, 0.6) is 5.75 Å². The van der Waals surface area contributed by atoms with Crippen LogP contribution >= 0.6 is 0 Å². The van der Waals surface area contributed by atoms with Crippen molar-refractivity contribution in [2.75, 3.05) is 45.9 Å². The highest BCUT2D eigenvalue weighted by molar-refractivity contribution is 7.97. The molecular weight excluding hydrogens is 557 g/mol. The Hall–Kier alpha value is -2.90. The number of hydrogen-bond acceptors (Lipinski definition) is 7. The van der Waals surface area contributed by atoms with Crippen LogP contribution in [0.2, 0.25) is 0 Å². The van der Waals surface area contributed by atoms with Crippen LogP contribution in [0, 0.1) is 5.92 Å². The minimum absolute atomic E-state index is 0.0193. The fourth-order valence-corrected chi connectivity index (χ4v) is 6.47. The molecule has 1 saturated carbocycles. The number of nitrogens with zero attached hydrogens (tertiary/aromatic N) is 4. The molecule has 2 heterocycles. The second kappa shape index (κ2) is 12.5. The molecule has 1 aromatic carbocycles. The van der Waals surface area contributed by atoms with Gasteiger partial charge in [0.25, 0.3) is 5.91 Å². The Labute approximate surface area is 240 Å². The summed E-state index contributed by atoms with van der Waals surface area (Å²) in [6.45, 7) is 1.83. The molecule has 0 spiro atoms. The summed E-state index contributed by atoms with van der Waals surface area (Å²) in [5, 5.41) is 6.02. The average molecular weight is 597 g/mol. The van der Waals surface area contributed by atoms with E-state index >= 15 is 0 Å². The number of nitrogens with one attached hydrogen (secondary N) is 2. The second-order valence-electron chi connectivity index (χ2n) is 11.1. The predicted octanol–water partition coefficient (Wildman–Crippen LogP) is 3.98. The van der Waals surface area contributed by atoms with E-state index in [0.29, 0.717) is 23.4 Å². The van der Waals surface area contributed by atoms with Crippen molar-refractivity contribution < 1.29 is 26.9 Å². The van der Waals surface area contributed by atoms with Gasteiger partial charge in [0.2, 0.25) is 5.95 Å². The number of benzene rings is 1. The van der Waals surface area contributed by atoms with Crippen molar-refractivity contribution in [1.29, 1.82) is 0 Å². The fourth-order valence-electron chi connectivity index (χ4n) is 5.62. The summed E-state index contributed by atoms with van der Waals surface area (Å²) in [6.07, 6.45) is 1.75. The molecular formula is C28H39F3N6O3S. The molecule has 41 heavy (non-hydrogen) atoms. The van der Waals surface area contributed by atoms with E-state index in [1.807, 2.05) is 0 Å². The maximum Gasteiger partial charge on any atom is 0.419 e. The Morgan fingerprint density at radius 2 is 1.95 bits per heavy atom. The van der Waals surface area contributed by atoms with Gasteiger partial charge in [-0.05, 0) is 89.3 Å². The summed E-state index contributed by atoms with van der Waals surface area (Å²) in [5.74, 6) is 3.67. The van der Waals surface area contributed by atoms with Crippen LogP contribution in [-0.4, -0.2) is 87.8 Å². The van der Waals surface area contributed by atoms with Gasteiger partial charge in [0.1, 0.15) is 5.75 Å². The zero-order valence-electron chi connectivity index (χ0n) is 24.0. The lowest BCUT2D eigenvalue weighted by Gasteiger charge is -2.30. The van der Waals surface area contributed by atoms with Crippen molar-refractivity contribution in [3.8, 4) is 5.75 Å². The topological polar surface area (TPSA) is 99.7 Å². The number of carbonyl (C=O) groups is 1. The fraction of sp³-hybridized carbons (Fsp3) is 0.571. The first-order valence-corrected chi connectivity index (χ1v) is 15.8. The first kappa shape index (κ1) is 31.0. The molecule has 1 amide bonds. The summed E-state index contributed by atoms with van der Waals surface area (Å²) in [4.78, 5) is 23.3. The highest BCUT2D eigenvalue weighted by Gasteiger charge is 2.38. The molecule has 226 valence electrons. The van der Waals surface area contributed by atoms with Gasteiger partial charge in [0.05, 0.1) is 24.1 Å². The van der Waals surface area contributed by atoms with E-state index in [1.165, 1.54) is 13.4 Å². The van der Waals surface area contributed by atoms with Crippen molar-refractivity contribution in [2.24, 2.45) is 5.92 Å². The predicted molar refractivity (Wildman–Crippen MR) is 155 cm³/mol. The number of anilines is 2. The van der Waals surface area contributed by atoms with E-state index in [1.54, 1.807) is 29.6 Å². The number of aromatic nitrogens is 2. The van der Waals surface area contributed by atoms with Crippen molar-refractivity contribution in [1.82, 2.24) is 24.5 Å². The Morgan fingerprint density at radius 1 is 1.24 bits per heavy atom. The third-order valence-corrected chi connectivity index (χ3v) is 9.58. The van der Waals surface area contributed by atoms with Gasteiger partial charge in [0, 0.05) is 39.8 Å². The van der Waals surface area contributed by atoms with Gasteiger partial charge in [-0.15, -0.1) is 0 Å². The molecule has 13 heteroatoms. The van der Waals surface area contributed by atoms with Crippen LogP contribution < -0.4 is 15.4 Å². The molecule has 1 saturated heterocycles. The van der Waals surface area contributed by atoms with Crippen molar-refractivity contribution >= 4 is 33.1 Å². The van der Waals surface area contributed by atoms with Crippen LogP contribution in [0.4, 0.5) is 24.8 Å². The molecule has 0 bridgehead atoms. The van der Waals surface area contributed by atoms with Gasteiger partial charge >= 0.3 is 6.18 Å². The SMILES string of the molecule is C=S(C)(=O)N(C)[C@@H]1CCC[C@H]1Cc1nc(Nc2ccc(C(=O)NC3CCN(C)CC3)cc2OC)ncc1C(F)(F)F. The number of carbonyl (C=O) groups excluding carboxylic acids is 1. The average Bonchev–Trinajstić information content (AvgIpc) is 3.36. The normalized spacial score (nSPS) is 22.0. The third kappa shape index (κ3) is 7.69. The van der Waals surface area contributed by atoms with Crippen LogP contribution in [0.25, 0.3) is 0 Å². The lowest BCUT2D eigenvalue weighted by atomic mass is 9.95. The number of ether oxygens (including phenoxy) is 1. The smallest absolute Gasteiger partial charge is 0.419 e. The number of alkyl halides is 3. The largest absolute Gasteiger partial charge is 0.495 e. The minimum atomic E-state index is -4.63. The number of methoxy groups -OCH3 is 1. The Balaban J connectivity index is 1.54. The first-order valence-electron chi connectivity index (χ1n) is 13.7. The number of halogens is 3. The van der Waals surface area contributed by atoms with Gasteiger partial charge in [-0.2, -0.15) is 13.2 Å². The molecule has 1 aliphatic heterocycles. The summed E-state index contributed by atoms with van der Waals surface area (Å²) < 4.78 is 61.5. The molecule has 3 atom stereocenters. The first-order chi connectivity index (χ1) is 19.3. The number of hydrogen-bond donors (Lipinski definition) is 2. The maximum atomic E-state index is 13.9. The quantitative estimate of drug-likeness (QED) is 0.423. The van der Waals surface area contributed by atoms with Crippen LogP contribution in [0.15, 0.2) is 24.4 Å². The highest BCUT2D eigenvalue weighted by atomic mass is 32.2. The number of likely N-dealkylation sites (tertiary alicyclic amines) is 1. The monoisotopic (exact) mass is 596 g/mol. The van der Waals surface area contributed by atoms with Gasteiger partial charge in [0.15, 0.2) is 0 Å². The molecule has 0 radical (unpaired) electrons. The van der Waals surface area contributed by atoms with Gasteiger partial charge in [-0.25, -0.2) is 14.3 Å². The van der Waals surface area contributed by atoms with Gasteiger partial charge < -0.3 is 20.3 Å². The molecule has 1 aliphatic carbocycles. The van der Waals surface area contributed by atoms with E-state index in [-0.39, 0.29) is 42.0 Å². The zero-order chi connectivity index (χ0) is 29.9. The molecule has 2 aromatic rings. The van der Waals surface area contributed by atoms with Gasteiger partial charge in [-0.3, -0.25) is 9.00 Å². The molecule has 1 aromatic heterocycles. The Bertz CT molecular complexity index is 1350. The molecule has 2 N–H and O–H groups in total. The molecule has 2 aliphatic rings. The van der Waals surface area contributed by atoms with Gasteiger partial charge in [-0.1, -0.05) is 6.42 Å². The van der Waals surface area contributed by atoms with E-state index < -0.39 is 21.4 Å². The van der Waals surface area contributed by atoms with Crippen LogP contribution in [0.1, 0.15) is 53.7 Å². The summed E-state index contributed by atoms with van der Waals surface area (Å²) in [5.41, 5.74) is -0.193. The van der Waals surface area contributed by atoms with Crippen LogP contribution in [-0.2, 0) is 22.3 Å². The standard InChI is InChI=1S/C28H39F3N6O3S/c1-36-13-11-20(12-14-36)33-26(38)19-9-10-22(25(16-19)40-3)34-27-32-17-21(28(29,30)31)23(35-27)15-18-7-6-8-24(18)37(2)41(4,5)39/h9-10,16-18,20,24H,4,6-8,11-15H2,1-3,5H3,(H,33,38)(H,32,34,35)/t18-,24+,41?/m0/s1. The maximum absolute atomic E-state index is 13.9. The van der Waals surface area contributed by atoms with E-state index in [0.717, 1.165) is 45.0 Å². The summed E-state index contributed by atoms with van der Waals surface area (Å²) in [7, 11) is 2.70. The Morgan fingerprint density at radius 3 is 2.59 bits per heavy atom. The third-order valence-electron chi connectivity index (χ3n) is 8.09. The second-order valence-corrected chi connectivity index (χ2v) is 13.6. The molecule has 2 fully saturated rings. The number of rotatable bonds is 9. The zero-order valence-corrected chi connectivity index (χ0v) is 24.8. The number of piperidine rings is 1.